The Morgan fingerprint density at radius 2 is 1.93 bits per heavy atom. The topological polar surface area (TPSA) is 60.4 Å². The molecule has 0 aliphatic carbocycles. The summed E-state index contributed by atoms with van der Waals surface area (Å²) in [6.07, 6.45) is 3.78. The summed E-state index contributed by atoms with van der Waals surface area (Å²) < 4.78 is 1.88. The van der Waals surface area contributed by atoms with Crippen LogP contribution < -0.4 is 5.73 Å². The van der Waals surface area contributed by atoms with Crippen molar-refractivity contribution in [2.45, 2.75) is 0 Å². The molecule has 70 valence electrons. The third-order valence-corrected chi connectivity index (χ3v) is 2.01. The molecule has 14 heavy (non-hydrogen) atoms. The lowest BCUT2D eigenvalue weighted by atomic mass is 10.2. The molecule has 0 aliphatic heterocycles. The molecule has 0 aliphatic rings. The van der Waals surface area contributed by atoms with E-state index in [2.05, 4.69) is 5.18 Å². The van der Waals surface area contributed by atoms with Crippen LogP contribution in [0.2, 0.25) is 0 Å². The molecule has 0 unspecified atom stereocenters. The minimum absolute atomic E-state index is 0.274. The second kappa shape index (κ2) is 3.33. The Bertz CT molecular complexity index is 448. The predicted octanol–water partition coefficient (Wildman–Crippen LogP) is 2.46. The Morgan fingerprint density at radius 3 is 2.57 bits per heavy atom. The van der Waals surface area contributed by atoms with E-state index >= 15 is 0 Å². The van der Waals surface area contributed by atoms with E-state index in [0.717, 1.165) is 5.69 Å². The molecule has 0 spiro atoms. The second-order valence-electron chi connectivity index (χ2n) is 2.92. The van der Waals surface area contributed by atoms with E-state index in [1.54, 1.807) is 12.1 Å². The van der Waals surface area contributed by atoms with E-state index in [9.17, 15) is 4.91 Å². The van der Waals surface area contributed by atoms with Gasteiger partial charge in [0, 0.05) is 18.1 Å². The van der Waals surface area contributed by atoms with Crippen molar-refractivity contribution in [2.24, 2.45) is 5.18 Å². The van der Waals surface area contributed by atoms with Gasteiger partial charge in [0.2, 0.25) is 0 Å². The van der Waals surface area contributed by atoms with E-state index in [-0.39, 0.29) is 5.69 Å². The van der Waals surface area contributed by atoms with Crippen molar-refractivity contribution in [1.82, 2.24) is 4.57 Å². The number of hydrogen-bond donors (Lipinski definition) is 1. The summed E-state index contributed by atoms with van der Waals surface area (Å²) in [4.78, 5) is 10.4. The van der Waals surface area contributed by atoms with Crippen LogP contribution in [0.4, 0.5) is 11.4 Å². The fourth-order valence-electron chi connectivity index (χ4n) is 1.28. The molecule has 1 aromatic carbocycles. The number of anilines is 1. The first-order chi connectivity index (χ1) is 6.81. The molecule has 1 heterocycles. The third-order valence-electron chi connectivity index (χ3n) is 2.01. The van der Waals surface area contributed by atoms with Gasteiger partial charge in [-0.25, -0.2) is 0 Å². The monoisotopic (exact) mass is 187 g/mol. The smallest absolute Gasteiger partial charge is 0.132 e. The van der Waals surface area contributed by atoms with E-state index in [0.29, 0.717) is 5.69 Å². The van der Waals surface area contributed by atoms with Gasteiger partial charge in [-0.15, -0.1) is 4.91 Å². The molecule has 0 amide bonds. The zero-order valence-electron chi connectivity index (χ0n) is 7.42. The molecule has 2 aromatic rings. The molecule has 0 atom stereocenters. The quantitative estimate of drug-likeness (QED) is 0.579. The van der Waals surface area contributed by atoms with Crippen molar-refractivity contribution in [3.63, 3.8) is 0 Å². The van der Waals surface area contributed by atoms with Crippen LogP contribution in [0.15, 0.2) is 47.9 Å². The summed E-state index contributed by atoms with van der Waals surface area (Å²) in [5, 5.41) is 2.85. The van der Waals surface area contributed by atoms with Gasteiger partial charge in [-0.1, -0.05) is 0 Å². The number of aromatic nitrogens is 1. The molecule has 2 N–H and O–H groups in total. The highest BCUT2D eigenvalue weighted by Crippen LogP contribution is 2.24. The number of nitrogens with zero attached hydrogens (tertiary/aromatic N) is 2. The number of benzene rings is 1. The molecular weight excluding hydrogens is 178 g/mol. The summed E-state index contributed by atoms with van der Waals surface area (Å²) >= 11 is 0. The minimum atomic E-state index is 0.274. The number of nitrogen functional groups attached to an aromatic ring is 1. The first-order valence-corrected chi connectivity index (χ1v) is 4.17. The number of nitroso groups, excluding NO2 is 1. The maximum absolute atomic E-state index is 10.4. The van der Waals surface area contributed by atoms with Gasteiger partial charge in [-0.2, -0.15) is 0 Å². The van der Waals surface area contributed by atoms with E-state index in [4.69, 9.17) is 5.73 Å². The van der Waals surface area contributed by atoms with Gasteiger partial charge in [0.1, 0.15) is 5.69 Å². The lowest BCUT2D eigenvalue weighted by Crippen LogP contribution is -1.91. The molecular formula is C10H9N3O. The fraction of sp³-hybridized carbons (Fsp3) is 0. The normalized spacial score (nSPS) is 10.0. The zero-order valence-corrected chi connectivity index (χ0v) is 7.42. The highest BCUT2D eigenvalue weighted by atomic mass is 16.3. The molecule has 1 aromatic heterocycles. The standard InChI is InChI=1S/C10H9N3O/c11-9-4-3-8(7-10(9)12-14)13-5-1-2-6-13/h1-7H,11H2. The van der Waals surface area contributed by atoms with Crippen molar-refractivity contribution < 1.29 is 0 Å². The maximum Gasteiger partial charge on any atom is 0.132 e. The van der Waals surface area contributed by atoms with E-state index in [1.165, 1.54) is 0 Å². The SMILES string of the molecule is Nc1ccc(-n2cccc2)cc1N=O. The summed E-state index contributed by atoms with van der Waals surface area (Å²) in [6.45, 7) is 0. The third kappa shape index (κ3) is 1.37. The second-order valence-corrected chi connectivity index (χ2v) is 2.92. The van der Waals surface area contributed by atoms with E-state index < -0.39 is 0 Å². The van der Waals surface area contributed by atoms with Crippen LogP contribution in [0.5, 0.6) is 0 Å². The van der Waals surface area contributed by atoms with Crippen molar-refractivity contribution >= 4 is 11.4 Å². The molecule has 0 fully saturated rings. The number of nitrogens with two attached hydrogens (primary N) is 1. The molecule has 0 radical (unpaired) electrons. The first-order valence-electron chi connectivity index (χ1n) is 4.17. The Labute approximate surface area is 80.9 Å². The largest absolute Gasteiger partial charge is 0.397 e. The van der Waals surface area contributed by atoms with Gasteiger partial charge in [-0.05, 0) is 35.5 Å². The summed E-state index contributed by atoms with van der Waals surface area (Å²) in [5.41, 5.74) is 7.10. The molecule has 0 bridgehead atoms. The van der Waals surface area contributed by atoms with Gasteiger partial charge >= 0.3 is 0 Å². The summed E-state index contributed by atoms with van der Waals surface area (Å²) in [7, 11) is 0. The van der Waals surface area contributed by atoms with E-state index in [1.807, 2.05) is 35.2 Å². The maximum atomic E-state index is 10.4. The van der Waals surface area contributed by atoms with Crippen LogP contribution in [-0.4, -0.2) is 4.57 Å². The van der Waals surface area contributed by atoms with Crippen LogP contribution in [0, 0.1) is 4.91 Å². The molecule has 4 nitrogen and oxygen atoms in total. The van der Waals surface area contributed by atoms with Gasteiger partial charge < -0.3 is 10.3 Å². The average Bonchev–Trinajstić information content (AvgIpc) is 2.71. The highest BCUT2D eigenvalue weighted by molar-refractivity contribution is 5.65. The van der Waals surface area contributed by atoms with Gasteiger partial charge in [0.15, 0.2) is 0 Å². The average molecular weight is 187 g/mol. The van der Waals surface area contributed by atoms with Gasteiger partial charge in [-0.3, -0.25) is 0 Å². The van der Waals surface area contributed by atoms with Crippen molar-refractivity contribution in [1.29, 1.82) is 0 Å². The van der Waals surface area contributed by atoms with Crippen LogP contribution in [-0.2, 0) is 0 Å². The van der Waals surface area contributed by atoms with Gasteiger partial charge in [0.25, 0.3) is 0 Å². The Kier molecular flexibility index (Phi) is 2.02. The molecule has 2 rings (SSSR count). The van der Waals surface area contributed by atoms with Crippen LogP contribution in [0.3, 0.4) is 0 Å². The Hall–Kier alpha value is -2.10. The Balaban J connectivity index is 2.51. The van der Waals surface area contributed by atoms with Crippen molar-refractivity contribution in [3.8, 4) is 5.69 Å². The van der Waals surface area contributed by atoms with Crippen LogP contribution >= 0.6 is 0 Å². The number of rotatable bonds is 2. The fourth-order valence-corrected chi connectivity index (χ4v) is 1.28. The lowest BCUT2D eigenvalue weighted by molar-refractivity contribution is 1.08. The van der Waals surface area contributed by atoms with Crippen molar-refractivity contribution in [3.05, 3.63) is 47.6 Å². The highest BCUT2D eigenvalue weighted by Gasteiger charge is 2.01. The molecule has 4 heteroatoms. The summed E-state index contributed by atoms with van der Waals surface area (Å²) in [6, 6.07) is 8.98. The first kappa shape index (κ1) is 8.50. The lowest BCUT2D eigenvalue weighted by Gasteiger charge is -2.04. The minimum Gasteiger partial charge on any atom is -0.397 e. The van der Waals surface area contributed by atoms with Crippen LogP contribution in [0.1, 0.15) is 0 Å². The molecule has 0 saturated carbocycles. The Morgan fingerprint density at radius 1 is 1.21 bits per heavy atom. The van der Waals surface area contributed by atoms with Gasteiger partial charge in [0.05, 0.1) is 5.69 Å². The summed E-state index contributed by atoms with van der Waals surface area (Å²) in [5.74, 6) is 0. The number of hydrogen-bond acceptors (Lipinski definition) is 3. The van der Waals surface area contributed by atoms with Crippen molar-refractivity contribution in [2.75, 3.05) is 5.73 Å². The predicted molar refractivity (Wildman–Crippen MR) is 55.6 cm³/mol. The van der Waals surface area contributed by atoms with Crippen LogP contribution in [0.25, 0.3) is 5.69 Å². The molecule has 0 saturated heterocycles. The zero-order chi connectivity index (χ0) is 9.97.